The minimum atomic E-state index is -3.58. The van der Waals surface area contributed by atoms with E-state index < -0.39 is 10.0 Å². The molecule has 106 valence electrons. The lowest BCUT2D eigenvalue weighted by Crippen LogP contribution is -2.34. The predicted molar refractivity (Wildman–Crippen MR) is 79.8 cm³/mol. The fraction of sp³-hybridized carbons (Fsp3) is 0.538. The molecule has 1 heterocycles. The molecule has 0 bridgehead atoms. The van der Waals surface area contributed by atoms with Crippen molar-refractivity contribution in [3.8, 4) is 0 Å². The van der Waals surface area contributed by atoms with Crippen LogP contribution in [0.3, 0.4) is 0 Å². The van der Waals surface area contributed by atoms with Crippen molar-refractivity contribution >= 4 is 21.8 Å². The van der Waals surface area contributed by atoms with Crippen LogP contribution in [-0.4, -0.2) is 32.0 Å². The number of thioether (sulfide) groups is 1. The molecule has 1 aromatic carbocycles. The molecule has 0 amide bonds. The normalized spacial score (nSPS) is 23.7. The Morgan fingerprint density at radius 3 is 2.58 bits per heavy atom. The summed E-state index contributed by atoms with van der Waals surface area (Å²) in [7, 11) is -3.58. The first kappa shape index (κ1) is 14.8. The van der Waals surface area contributed by atoms with Gasteiger partial charge in [-0.1, -0.05) is 19.1 Å². The number of sulfonamides is 1. The van der Waals surface area contributed by atoms with Crippen LogP contribution in [0.15, 0.2) is 29.2 Å². The van der Waals surface area contributed by atoms with Gasteiger partial charge in [-0.3, -0.25) is 0 Å². The van der Waals surface area contributed by atoms with E-state index in [0.717, 1.165) is 18.5 Å². The van der Waals surface area contributed by atoms with E-state index in [9.17, 15) is 8.42 Å². The average molecular weight is 300 g/mol. The van der Waals surface area contributed by atoms with Crippen molar-refractivity contribution < 1.29 is 8.42 Å². The number of benzene rings is 1. The predicted octanol–water partition coefficient (Wildman–Crippen LogP) is 1.36. The van der Waals surface area contributed by atoms with Crippen molar-refractivity contribution in [3.05, 3.63) is 29.8 Å². The van der Waals surface area contributed by atoms with Crippen molar-refractivity contribution in [1.82, 2.24) is 5.32 Å². The van der Waals surface area contributed by atoms with Gasteiger partial charge >= 0.3 is 0 Å². The Morgan fingerprint density at radius 1 is 1.37 bits per heavy atom. The van der Waals surface area contributed by atoms with Crippen molar-refractivity contribution in [1.29, 1.82) is 0 Å². The summed E-state index contributed by atoms with van der Waals surface area (Å²) in [5.74, 6) is 1.24. The van der Waals surface area contributed by atoms with Crippen LogP contribution in [-0.2, 0) is 16.4 Å². The van der Waals surface area contributed by atoms with Crippen LogP contribution < -0.4 is 10.5 Å². The van der Waals surface area contributed by atoms with Crippen LogP contribution in [0.4, 0.5) is 0 Å². The Hall–Kier alpha value is -0.560. The molecule has 0 radical (unpaired) electrons. The lowest BCUT2D eigenvalue weighted by molar-refractivity contribution is 0.516. The number of hydrogen-bond acceptors (Lipinski definition) is 4. The third-order valence-electron chi connectivity index (χ3n) is 3.45. The first-order valence-corrected chi connectivity index (χ1v) is 9.03. The van der Waals surface area contributed by atoms with E-state index in [4.69, 9.17) is 5.14 Å². The Balaban J connectivity index is 1.83. The fourth-order valence-electron chi connectivity index (χ4n) is 2.25. The maximum absolute atomic E-state index is 11.1. The maximum Gasteiger partial charge on any atom is 0.238 e. The van der Waals surface area contributed by atoms with Crippen LogP contribution in [0.5, 0.6) is 0 Å². The number of primary sulfonamides is 1. The molecular formula is C13H20N2O2S2. The highest BCUT2D eigenvalue weighted by molar-refractivity contribution is 8.00. The summed E-state index contributed by atoms with van der Waals surface area (Å²) in [5.41, 5.74) is 1.12. The summed E-state index contributed by atoms with van der Waals surface area (Å²) in [6.45, 7) is 3.18. The van der Waals surface area contributed by atoms with Crippen molar-refractivity contribution in [3.63, 3.8) is 0 Å². The summed E-state index contributed by atoms with van der Waals surface area (Å²) in [6, 6.07) is 7.40. The van der Waals surface area contributed by atoms with Crippen molar-refractivity contribution in [2.24, 2.45) is 5.14 Å². The van der Waals surface area contributed by atoms with Gasteiger partial charge < -0.3 is 5.32 Å². The number of nitrogens with one attached hydrogen (secondary N) is 1. The van der Waals surface area contributed by atoms with E-state index >= 15 is 0 Å². The fourth-order valence-corrected chi connectivity index (χ4v) is 3.99. The van der Waals surface area contributed by atoms with Crippen LogP contribution in [0.25, 0.3) is 0 Å². The molecule has 0 spiro atoms. The SMILES string of the molecule is CC1SCCC1NCCc1ccc(S(N)(=O)=O)cc1. The van der Waals surface area contributed by atoms with E-state index in [0.29, 0.717) is 11.3 Å². The highest BCUT2D eigenvalue weighted by Crippen LogP contribution is 2.25. The van der Waals surface area contributed by atoms with Gasteiger partial charge in [0.25, 0.3) is 0 Å². The van der Waals surface area contributed by atoms with Gasteiger partial charge in [0.15, 0.2) is 0 Å². The second-order valence-corrected chi connectivity index (χ2v) is 7.91. The molecule has 0 aliphatic carbocycles. The summed E-state index contributed by atoms with van der Waals surface area (Å²) in [4.78, 5) is 0.171. The van der Waals surface area contributed by atoms with Crippen LogP contribution in [0.2, 0.25) is 0 Å². The molecule has 0 aromatic heterocycles. The number of nitrogens with two attached hydrogens (primary N) is 1. The largest absolute Gasteiger partial charge is 0.313 e. The van der Waals surface area contributed by atoms with Gasteiger partial charge in [0.05, 0.1) is 4.90 Å². The third kappa shape index (κ3) is 4.21. The summed E-state index contributed by atoms with van der Waals surface area (Å²) < 4.78 is 22.3. The number of hydrogen-bond donors (Lipinski definition) is 2. The van der Waals surface area contributed by atoms with E-state index in [2.05, 4.69) is 12.2 Å². The zero-order chi connectivity index (χ0) is 13.9. The van der Waals surface area contributed by atoms with E-state index in [1.54, 1.807) is 12.1 Å². The van der Waals surface area contributed by atoms with Gasteiger partial charge in [0.1, 0.15) is 0 Å². The topological polar surface area (TPSA) is 72.2 Å². The van der Waals surface area contributed by atoms with Crippen LogP contribution >= 0.6 is 11.8 Å². The molecule has 1 fully saturated rings. The highest BCUT2D eigenvalue weighted by Gasteiger charge is 2.22. The smallest absolute Gasteiger partial charge is 0.238 e. The Kier molecular flexibility index (Phi) is 4.89. The molecule has 2 atom stereocenters. The van der Waals surface area contributed by atoms with E-state index in [1.807, 2.05) is 23.9 Å². The minimum Gasteiger partial charge on any atom is -0.313 e. The molecular weight excluding hydrogens is 280 g/mol. The molecule has 2 unspecified atom stereocenters. The Labute approximate surface area is 119 Å². The van der Waals surface area contributed by atoms with Crippen molar-refractivity contribution in [2.45, 2.75) is 36.0 Å². The van der Waals surface area contributed by atoms with Gasteiger partial charge in [-0.05, 0) is 42.8 Å². The first-order chi connectivity index (χ1) is 8.97. The van der Waals surface area contributed by atoms with E-state index in [-0.39, 0.29) is 4.90 Å². The Bertz CT molecular complexity index is 514. The summed E-state index contributed by atoms with van der Waals surface area (Å²) in [6.07, 6.45) is 2.13. The first-order valence-electron chi connectivity index (χ1n) is 6.43. The van der Waals surface area contributed by atoms with Crippen LogP contribution in [0, 0.1) is 0 Å². The molecule has 19 heavy (non-hydrogen) atoms. The zero-order valence-electron chi connectivity index (χ0n) is 11.0. The second kappa shape index (κ2) is 6.26. The lowest BCUT2D eigenvalue weighted by atomic mass is 10.1. The molecule has 4 nitrogen and oxygen atoms in total. The van der Waals surface area contributed by atoms with Gasteiger partial charge in [0.2, 0.25) is 10.0 Å². The van der Waals surface area contributed by atoms with Crippen molar-refractivity contribution in [2.75, 3.05) is 12.3 Å². The second-order valence-electron chi connectivity index (χ2n) is 4.86. The molecule has 1 saturated heterocycles. The van der Waals surface area contributed by atoms with Gasteiger partial charge in [-0.25, -0.2) is 13.6 Å². The van der Waals surface area contributed by atoms with Gasteiger partial charge in [-0.2, -0.15) is 11.8 Å². The highest BCUT2D eigenvalue weighted by atomic mass is 32.2. The Morgan fingerprint density at radius 2 is 2.05 bits per heavy atom. The summed E-state index contributed by atoms with van der Waals surface area (Å²) in [5, 5.41) is 9.31. The molecule has 0 saturated carbocycles. The maximum atomic E-state index is 11.1. The van der Waals surface area contributed by atoms with Gasteiger partial charge in [0, 0.05) is 11.3 Å². The molecule has 1 aliphatic heterocycles. The average Bonchev–Trinajstić information content (AvgIpc) is 2.75. The number of rotatable bonds is 5. The molecule has 1 aliphatic rings. The summed E-state index contributed by atoms with van der Waals surface area (Å²) >= 11 is 2.01. The van der Waals surface area contributed by atoms with Crippen LogP contribution in [0.1, 0.15) is 18.9 Å². The van der Waals surface area contributed by atoms with Gasteiger partial charge in [-0.15, -0.1) is 0 Å². The minimum absolute atomic E-state index is 0.171. The standard InChI is InChI=1S/C13H20N2O2S2/c1-10-13(7-9-18-10)15-8-6-11-2-4-12(5-3-11)19(14,16)17/h2-5,10,13,15H,6-9H2,1H3,(H2,14,16,17). The molecule has 6 heteroatoms. The quantitative estimate of drug-likeness (QED) is 0.861. The zero-order valence-corrected chi connectivity index (χ0v) is 12.6. The molecule has 1 aromatic rings. The monoisotopic (exact) mass is 300 g/mol. The van der Waals surface area contributed by atoms with E-state index in [1.165, 1.54) is 12.2 Å². The molecule has 3 N–H and O–H groups in total. The third-order valence-corrected chi connectivity index (χ3v) is 5.70. The lowest BCUT2D eigenvalue weighted by Gasteiger charge is -2.16. The molecule has 2 rings (SSSR count).